The SMILES string of the molecule is N#Cc1ccccc1NC(=O)c1cccc(C(=O)Nc2ccccc2Cl)n1. The summed E-state index contributed by atoms with van der Waals surface area (Å²) >= 11 is 6.03. The van der Waals surface area contributed by atoms with E-state index in [0.717, 1.165) is 0 Å². The molecular weight excluding hydrogens is 364 g/mol. The van der Waals surface area contributed by atoms with E-state index < -0.39 is 11.8 Å². The predicted octanol–water partition coefficient (Wildman–Crippen LogP) is 4.11. The summed E-state index contributed by atoms with van der Waals surface area (Å²) in [4.78, 5) is 28.9. The quantitative estimate of drug-likeness (QED) is 0.716. The zero-order valence-electron chi connectivity index (χ0n) is 13.9. The van der Waals surface area contributed by atoms with Crippen molar-refractivity contribution in [1.82, 2.24) is 4.98 Å². The summed E-state index contributed by atoms with van der Waals surface area (Å²) in [5.74, 6) is -1.01. The molecule has 7 heteroatoms. The van der Waals surface area contributed by atoms with Gasteiger partial charge < -0.3 is 10.6 Å². The number of benzene rings is 2. The molecule has 0 bridgehead atoms. The lowest BCUT2D eigenvalue weighted by molar-refractivity contribution is 0.101. The molecule has 0 saturated heterocycles. The van der Waals surface area contributed by atoms with Crippen LogP contribution < -0.4 is 10.6 Å². The fourth-order valence-electron chi connectivity index (χ4n) is 2.31. The molecule has 0 spiro atoms. The summed E-state index contributed by atoms with van der Waals surface area (Å²) in [6, 6.07) is 20.0. The van der Waals surface area contributed by atoms with Crippen molar-refractivity contribution in [3.05, 3.63) is 88.7 Å². The molecule has 27 heavy (non-hydrogen) atoms. The van der Waals surface area contributed by atoms with Crippen molar-refractivity contribution in [3.8, 4) is 6.07 Å². The van der Waals surface area contributed by atoms with Gasteiger partial charge in [0.15, 0.2) is 0 Å². The van der Waals surface area contributed by atoms with Crippen molar-refractivity contribution in [2.75, 3.05) is 10.6 Å². The Morgan fingerprint density at radius 1 is 0.815 bits per heavy atom. The van der Waals surface area contributed by atoms with Crippen LogP contribution in [0.4, 0.5) is 11.4 Å². The molecule has 0 unspecified atom stereocenters. The van der Waals surface area contributed by atoms with E-state index in [0.29, 0.717) is 22.0 Å². The van der Waals surface area contributed by atoms with Crippen molar-refractivity contribution in [3.63, 3.8) is 0 Å². The number of anilines is 2. The maximum atomic E-state index is 12.4. The van der Waals surface area contributed by atoms with Gasteiger partial charge in [-0.15, -0.1) is 0 Å². The highest BCUT2D eigenvalue weighted by Crippen LogP contribution is 2.21. The lowest BCUT2D eigenvalue weighted by Gasteiger charge is -2.09. The molecule has 1 aromatic heterocycles. The second-order valence-electron chi connectivity index (χ2n) is 5.45. The Morgan fingerprint density at radius 3 is 2.00 bits per heavy atom. The number of carbonyl (C=O) groups is 2. The zero-order valence-corrected chi connectivity index (χ0v) is 14.7. The predicted molar refractivity (Wildman–Crippen MR) is 103 cm³/mol. The molecule has 0 radical (unpaired) electrons. The molecule has 0 aliphatic heterocycles. The van der Waals surface area contributed by atoms with Crippen molar-refractivity contribution in [1.29, 1.82) is 5.26 Å². The minimum Gasteiger partial charge on any atom is -0.319 e. The first-order valence-corrected chi connectivity index (χ1v) is 8.29. The van der Waals surface area contributed by atoms with E-state index in [1.54, 1.807) is 54.6 Å². The number of para-hydroxylation sites is 2. The largest absolute Gasteiger partial charge is 0.319 e. The van der Waals surface area contributed by atoms with Crippen LogP contribution in [-0.2, 0) is 0 Å². The Kier molecular flexibility index (Phi) is 5.45. The second-order valence-corrected chi connectivity index (χ2v) is 5.86. The number of nitrogens with one attached hydrogen (secondary N) is 2. The number of nitriles is 1. The van der Waals surface area contributed by atoms with Crippen LogP contribution in [0.2, 0.25) is 5.02 Å². The Bertz CT molecular complexity index is 1060. The van der Waals surface area contributed by atoms with Crippen molar-refractivity contribution >= 4 is 34.8 Å². The monoisotopic (exact) mass is 376 g/mol. The van der Waals surface area contributed by atoms with Gasteiger partial charge in [-0.05, 0) is 36.4 Å². The summed E-state index contributed by atoms with van der Waals surface area (Å²) in [7, 11) is 0. The third kappa shape index (κ3) is 4.29. The van der Waals surface area contributed by atoms with Gasteiger partial charge in [0.05, 0.1) is 22.0 Å². The van der Waals surface area contributed by atoms with Crippen LogP contribution >= 0.6 is 11.6 Å². The highest BCUT2D eigenvalue weighted by Gasteiger charge is 2.14. The van der Waals surface area contributed by atoms with Gasteiger partial charge in [0.1, 0.15) is 17.5 Å². The third-order valence-electron chi connectivity index (χ3n) is 3.63. The Balaban J connectivity index is 1.79. The van der Waals surface area contributed by atoms with Gasteiger partial charge >= 0.3 is 0 Å². The second kappa shape index (κ2) is 8.13. The Hall–Kier alpha value is -3.69. The van der Waals surface area contributed by atoms with Gasteiger partial charge in [0.2, 0.25) is 0 Å². The maximum absolute atomic E-state index is 12.4. The van der Waals surface area contributed by atoms with Crippen LogP contribution in [0.1, 0.15) is 26.5 Å². The molecule has 0 aliphatic carbocycles. The molecule has 3 aromatic rings. The van der Waals surface area contributed by atoms with E-state index >= 15 is 0 Å². The summed E-state index contributed by atoms with van der Waals surface area (Å²) in [5, 5.41) is 14.8. The average molecular weight is 377 g/mol. The normalized spacial score (nSPS) is 9.93. The number of nitrogens with zero attached hydrogens (tertiary/aromatic N) is 2. The van der Waals surface area contributed by atoms with E-state index in [-0.39, 0.29) is 11.4 Å². The van der Waals surface area contributed by atoms with Gasteiger partial charge in [-0.25, -0.2) is 4.98 Å². The van der Waals surface area contributed by atoms with Crippen LogP contribution in [-0.4, -0.2) is 16.8 Å². The molecule has 2 aromatic carbocycles. The molecule has 0 atom stereocenters. The molecule has 3 rings (SSSR count). The van der Waals surface area contributed by atoms with Crippen LogP contribution in [0.3, 0.4) is 0 Å². The number of hydrogen-bond donors (Lipinski definition) is 2. The number of amides is 2. The first-order chi connectivity index (χ1) is 13.1. The van der Waals surface area contributed by atoms with Crippen LogP contribution in [0, 0.1) is 11.3 Å². The summed E-state index contributed by atoms with van der Waals surface area (Å²) < 4.78 is 0. The molecule has 0 fully saturated rings. The lowest BCUT2D eigenvalue weighted by atomic mass is 10.2. The van der Waals surface area contributed by atoms with Gasteiger partial charge in [-0.3, -0.25) is 9.59 Å². The fourth-order valence-corrected chi connectivity index (χ4v) is 2.50. The Morgan fingerprint density at radius 2 is 1.37 bits per heavy atom. The smallest absolute Gasteiger partial charge is 0.274 e. The molecular formula is C20H13ClN4O2. The standard InChI is InChI=1S/C20H13ClN4O2/c21-14-7-2-4-9-16(14)25-20(27)18-11-5-10-17(23-18)19(26)24-15-8-3-1-6-13(15)12-22/h1-11H,(H,24,26)(H,25,27). The lowest BCUT2D eigenvalue weighted by Crippen LogP contribution is -2.19. The van der Waals surface area contributed by atoms with Crippen molar-refractivity contribution < 1.29 is 9.59 Å². The van der Waals surface area contributed by atoms with E-state index in [1.165, 1.54) is 12.1 Å². The van der Waals surface area contributed by atoms with Crippen LogP contribution in [0.15, 0.2) is 66.7 Å². The minimum absolute atomic E-state index is 0.0505. The average Bonchev–Trinajstić information content (AvgIpc) is 2.70. The third-order valence-corrected chi connectivity index (χ3v) is 3.96. The number of pyridine rings is 1. The summed E-state index contributed by atoms with van der Waals surface area (Å²) in [6.07, 6.45) is 0. The highest BCUT2D eigenvalue weighted by molar-refractivity contribution is 6.33. The molecule has 0 aliphatic rings. The van der Waals surface area contributed by atoms with E-state index in [1.807, 2.05) is 6.07 Å². The molecule has 1 heterocycles. The molecule has 2 N–H and O–H groups in total. The van der Waals surface area contributed by atoms with Crippen molar-refractivity contribution in [2.45, 2.75) is 0 Å². The molecule has 0 saturated carbocycles. The first-order valence-electron chi connectivity index (χ1n) is 7.92. The first kappa shape index (κ1) is 18.1. The number of rotatable bonds is 4. The van der Waals surface area contributed by atoms with Crippen LogP contribution in [0.25, 0.3) is 0 Å². The molecule has 132 valence electrons. The highest BCUT2D eigenvalue weighted by atomic mass is 35.5. The number of halogens is 1. The maximum Gasteiger partial charge on any atom is 0.274 e. The van der Waals surface area contributed by atoms with Crippen molar-refractivity contribution in [2.24, 2.45) is 0 Å². The van der Waals surface area contributed by atoms with Gasteiger partial charge in [0.25, 0.3) is 11.8 Å². The van der Waals surface area contributed by atoms with Gasteiger partial charge in [-0.2, -0.15) is 5.26 Å². The Labute approximate surface area is 160 Å². The summed E-state index contributed by atoms with van der Waals surface area (Å²) in [6.45, 7) is 0. The topological polar surface area (TPSA) is 94.9 Å². The number of aromatic nitrogens is 1. The molecule has 6 nitrogen and oxygen atoms in total. The van der Waals surface area contributed by atoms with Gasteiger partial charge in [0, 0.05) is 0 Å². The van der Waals surface area contributed by atoms with E-state index in [4.69, 9.17) is 16.9 Å². The van der Waals surface area contributed by atoms with E-state index in [2.05, 4.69) is 15.6 Å². The van der Waals surface area contributed by atoms with Gasteiger partial charge in [-0.1, -0.05) is 41.9 Å². The minimum atomic E-state index is -0.523. The number of carbonyl (C=O) groups excluding carboxylic acids is 2. The molecule has 2 amide bonds. The van der Waals surface area contributed by atoms with Crippen LogP contribution in [0.5, 0.6) is 0 Å². The summed E-state index contributed by atoms with van der Waals surface area (Å²) in [5.41, 5.74) is 1.27. The number of hydrogen-bond acceptors (Lipinski definition) is 4. The zero-order chi connectivity index (χ0) is 19.2. The fraction of sp³-hybridized carbons (Fsp3) is 0. The van der Waals surface area contributed by atoms with E-state index in [9.17, 15) is 9.59 Å².